The van der Waals surface area contributed by atoms with Gasteiger partial charge in [0.05, 0.1) is 23.7 Å². The fourth-order valence-electron chi connectivity index (χ4n) is 0.908. The molecule has 1 amide bonds. The Labute approximate surface area is 86.4 Å². The number of nitrogens with zero attached hydrogens (tertiary/aromatic N) is 1. The molecule has 0 aliphatic carbocycles. The summed E-state index contributed by atoms with van der Waals surface area (Å²) in [5.41, 5.74) is 2.65. The van der Waals surface area contributed by atoms with E-state index in [2.05, 4.69) is 10.3 Å². The van der Waals surface area contributed by atoms with E-state index < -0.39 is 12.6 Å². The van der Waals surface area contributed by atoms with Gasteiger partial charge in [-0.15, -0.1) is 11.3 Å². The van der Waals surface area contributed by atoms with Crippen LogP contribution in [0.15, 0.2) is 5.51 Å². The van der Waals surface area contributed by atoms with Crippen molar-refractivity contribution in [2.75, 3.05) is 6.67 Å². The van der Waals surface area contributed by atoms with Crippen LogP contribution in [-0.2, 0) is 11.3 Å². The van der Waals surface area contributed by atoms with Crippen LogP contribution in [0.2, 0.25) is 0 Å². The molecule has 0 spiro atoms. The Balaban J connectivity index is 2.41. The minimum Gasteiger partial charge on any atom is -0.351 e. The molecule has 5 heteroatoms. The molecule has 0 bridgehead atoms. The quantitative estimate of drug-likeness (QED) is 0.832. The van der Waals surface area contributed by atoms with Crippen molar-refractivity contribution < 1.29 is 9.18 Å². The zero-order valence-electron chi connectivity index (χ0n) is 8.21. The number of carbonyl (C=O) groups is 1. The molecule has 0 aliphatic heterocycles. The Kier molecular flexibility index (Phi) is 4.00. The van der Waals surface area contributed by atoms with Gasteiger partial charge in [0.1, 0.15) is 6.67 Å². The van der Waals surface area contributed by atoms with Crippen molar-refractivity contribution in [3.63, 3.8) is 0 Å². The molecule has 0 aromatic carbocycles. The molecule has 1 aromatic heterocycles. The summed E-state index contributed by atoms with van der Waals surface area (Å²) in [6.45, 7) is 3.28. The van der Waals surface area contributed by atoms with Crippen LogP contribution in [0.4, 0.5) is 4.39 Å². The zero-order valence-corrected chi connectivity index (χ0v) is 9.03. The highest BCUT2D eigenvalue weighted by atomic mass is 32.1. The van der Waals surface area contributed by atoms with Crippen molar-refractivity contribution in [1.82, 2.24) is 10.3 Å². The average molecular weight is 216 g/mol. The van der Waals surface area contributed by atoms with Crippen LogP contribution in [0, 0.1) is 12.8 Å². The normalized spacial score (nSPS) is 12.5. The fraction of sp³-hybridized carbons (Fsp3) is 0.556. The molecule has 0 aliphatic rings. The predicted octanol–water partition coefficient (Wildman–Crippen LogP) is 1.67. The number of nitrogens with one attached hydrogen (secondary N) is 1. The van der Waals surface area contributed by atoms with E-state index >= 15 is 0 Å². The first-order valence-corrected chi connectivity index (χ1v) is 5.25. The SMILES string of the molecule is Cc1ncsc1CNC(=O)C(C)CF. The largest absolute Gasteiger partial charge is 0.351 e. The number of hydrogen-bond donors (Lipinski definition) is 1. The Morgan fingerprint density at radius 3 is 3.00 bits per heavy atom. The van der Waals surface area contributed by atoms with E-state index in [1.54, 1.807) is 12.4 Å². The number of halogens is 1. The number of amides is 1. The van der Waals surface area contributed by atoms with Crippen molar-refractivity contribution >= 4 is 17.2 Å². The van der Waals surface area contributed by atoms with Gasteiger partial charge in [-0.2, -0.15) is 0 Å². The van der Waals surface area contributed by atoms with Crippen molar-refractivity contribution in [3.8, 4) is 0 Å². The highest BCUT2D eigenvalue weighted by molar-refractivity contribution is 7.09. The topological polar surface area (TPSA) is 42.0 Å². The maximum Gasteiger partial charge on any atom is 0.225 e. The monoisotopic (exact) mass is 216 g/mol. The lowest BCUT2D eigenvalue weighted by Crippen LogP contribution is -2.29. The van der Waals surface area contributed by atoms with E-state index in [9.17, 15) is 9.18 Å². The Morgan fingerprint density at radius 2 is 2.50 bits per heavy atom. The first kappa shape index (κ1) is 11.1. The minimum atomic E-state index is -0.618. The lowest BCUT2D eigenvalue weighted by molar-refractivity contribution is -0.125. The molecule has 0 saturated carbocycles. The number of thiazole rings is 1. The van der Waals surface area contributed by atoms with E-state index in [0.29, 0.717) is 6.54 Å². The summed E-state index contributed by atoms with van der Waals surface area (Å²) in [6.07, 6.45) is 0. The number of aromatic nitrogens is 1. The molecule has 1 atom stereocenters. The van der Waals surface area contributed by atoms with Gasteiger partial charge >= 0.3 is 0 Å². The van der Waals surface area contributed by atoms with Crippen LogP contribution in [0.25, 0.3) is 0 Å². The Hall–Kier alpha value is -0.970. The lowest BCUT2D eigenvalue weighted by Gasteiger charge is -2.07. The van der Waals surface area contributed by atoms with Crippen molar-refractivity contribution in [2.24, 2.45) is 5.92 Å². The number of rotatable bonds is 4. The van der Waals surface area contributed by atoms with Crippen LogP contribution < -0.4 is 5.32 Å². The summed E-state index contributed by atoms with van der Waals surface area (Å²) < 4.78 is 12.1. The summed E-state index contributed by atoms with van der Waals surface area (Å²) >= 11 is 1.49. The van der Waals surface area contributed by atoms with Gasteiger partial charge in [-0.05, 0) is 6.92 Å². The third kappa shape index (κ3) is 2.77. The second-order valence-corrected chi connectivity index (χ2v) is 4.07. The van der Waals surface area contributed by atoms with Gasteiger partial charge < -0.3 is 5.32 Å². The molecule has 1 unspecified atom stereocenters. The smallest absolute Gasteiger partial charge is 0.225 e. The second kappa shape index (κ2) is 5.05. The highest BCUT2D eigenvalue weighted by Crippen LogP contribution is 2.11. The summed E-state index contributed by atoms with van der Waals surface area (Å²) in [4.78, 5) is 16.3. The summed E-state index contributed by atoms with van der Waals surface area (Å²) in [6, 6.07) is 0. The van der Waals surface area contributed by atoms with Crippen LogP contribution in [0.3, 0.4) is 0 Å². The summed E-state index contributed by atoms with van der Waals surface area (Å²) in [5, 5.41) is 2.67. The van der Waals surface area contributed by atoms with Crippen molar-refractivity contribution in [3.05, 3.63) is 16.1 Å². The van der Waals surface area contributed by atoms with Crippen molar-refractivity contribution in [1.29, 1.82) is 0 Å². The van der Waals surface area contributed by atoms with Crippen LogP contribution in [-0.4, -0.2) is 17.6 Å². The van der Waals surface area contributed by atoms with Crippen LogP contribution in [0.1, 0.15) is 17.5 Å². The van der Waals surface area contributed by atoms with Gasteiger partial charge in [0.2, 0.25) is 5.91 Å². The molecule has 0 radical (unpaired) electrons. The van der Waals surface area contributed by atoms with Gasteiger partial charge in [-0.1, -0.05) is 6.92 Å². The van der Waals surface area contributed by atoms with E-state index in [0.717, 1.165) is 10.6 Å². The Morgan fingerprint density at radius 1 is 1.79 bits per heavy atom. The first-order valence-electron chi connectivity index (χ1n) is 4.37. The van der Waals surface area contributed by atoms with E-state index in [4.69, 9.17) is 0 Å². The molecule has 0 fully saturated rings. The number of hydrogen-bond acceptors (Lipinski definition) is 3. The molecule has 78 valence electrons. The first-order chi connectivity index (χ1) is 6.65. The Bertz CT molecular complexity index is 314. The van der Waals surface area contributed by atoms with E-state index in [-0.39, 0.29) is 5.91 Å². The molecular formula is C9H13FN2OS. The van der Waals surface area contributed by atoms with Crippen LogP contribution in [0.5, 0.6) is 0 Å². The van der Waals surface area contributed by atoms with Crippen molar-refractivity contribution in [2.45, 2.75) is 20.4 Å². The molecule has 1 aromatic rings. The number of aryl methyl sites for hydroxylation is 1. The van der Waals surface area contributed by atoms with Gasteiger partial charge in [-0.25, -0.2) is 4.98 Å². The zero-order chi connectivity index (χ0) is 10.6. The number of carbonyl (C=O) groups excluding carboxylic acids is 1. The third-order valence-corrected chi connectivity index (χ3v) is 2.88. The third-order valence-electron chi connectivity index (χ3n) is 1.95. The maximum atomic E-state index is 12.1. The summed E-state index contributed by atoms with van der Waals surface area (Å²) in [5.74, 6) is -0.816. The molecule has 14 heavy (non-hydrogen) atoms. The van der Waals surface area contributed by atoms with Crippen LogP contribution >= 0.6 is 11.3 Å². The number of alkyl halides is 1. The highest BCUT2D eigenvalue weighted by Gasteiger charge is 2.12. The molecule has 0 saturated heterocycles. The second-order valence-electron chi connectivity index (χ2n) is 3.13. The molecule has 1 N–H and O–H groups in total. The standard InChI is InChI=1S/C9H13FN2OS/c1-6(3-10)9(13)11-4-8-7(2)12-5-14-8/h5-6H,3-4H2,1-2H3,(H,11,13). The van der Waals surface area contributed by atoms with E-state index in [1.165, 1.54) is 11.3 Å². The predicted molar refractivity (Wildman–Crippen MR) is 53.8 cm³/mol. The lowest BCUT2D eigenvalue weighted by atomic mass is 10.2. The molecule has 1 heterocycles. The van der Waals surface area contributed by atoms with Gasteiger partial charge in [0.25, 0.3) is 0 Å². The summed E-state index contributed by atoms with van der Waals surface area (Å²) in [7, 11) is 0. The van der Waals surface area contributed by atoms with E-state index in [1.807, 2.05) is 6.92 Å². The maximum absolute atomic E-state index is 12.1. The molecule has 1 rings (SSSR count). The average Bonchev–Trinajstić information content (AvgIpc) is 2.59. The minimum absolute atomic E-state index is 0.250. The molecular weight excluding hydrogens is 203 g/mol. The van der Waals surface area contributed by atoms with Gasteiger partial charge in [0.15, 0.2) is 0 Å². The molecule has 3 nitrogen and oxygen atoms in total. The fourth-order valence-corrected chi connectivity index (χ4v) is 1.62. The van der Waals surface area contributed by atoms with Gasteiger partial charge in [-0.3, -0.25) is 9.18 Å². The van der Waals surface area contributed by atoms with Gasteiger partial charge in [0, 0.05) is 4.88 Å².